The van der Waals surface area contributed by atoms with Gasteiger partial charge in [0.05, 0.1) is 0 Å². The fourth-order valence-electron chi connectivity index (χ4n) is 1.47. The molecule has 18 heavy (non-hydrogen) atoms. The number of hydrogen-bond acceptors (Lipinski definition) is 1. The summed E-state index contributed by atoms with van der Waals surface area (Å²) in [6.45, 7) is 0. The number of hydrogen-bond donors (Lipinski definition) is 0. The topological polar surface area (TPSA) is 17.1 Å². The molecule has 0 fully saturated rings. The molecule has 0 aliphatic rings. The zero-order valence-corrected chi connectivity index (χ0v) is 9.84. The SMILES string of the molecule is O=Cc1ccc(/C=C/C#Cc2ccccc2)cc1. The molecular formula is C17H12O. The highest BCUT2D eigenvalue weighted by atomic mass is 16.1. The van der Waals surface area contributed by atoms with Gasteiger partial charge in [0.15, 0.2) is 0 Å². The van der Waals surface area contributed by atoms with Crippen LogP contribution in [0.5, 0.6) is 0 Å². The molecule has 0 bridgehead atoms. The summed E-state index contributed by atoms with van der Waals surface area (Å²) in [4.78, 5) is 10.5. The third kappa shape index (κ3) is 3.47. The lowest BCUT2D eigenvalue weighted by molar-refractivity contribution is 0.112. The maximum Gasteiger partial charge on any atom is 0.150 e. The van der Waals surface area contributed by atoms with E-state index < -0.39 is 0 Å². The first-order valence-corrected chi connectivity index (χ1v) is 5.67. The highest BCUT2D eigenvalue weighted by molar-refractivity contribution is 5.75. The Kier molecular flexibility index (Phi) is 4.11. The van der Waals surface area contributed by atoms with Crippen LogP contribution in [0.2, 0.25) is 0 Å². The highest BCUT2D eigenvalue weighted by Gasteiger charge is 1.88. The van der Waals surface area contributed by atoms with E-state index >= 15 is 0 Å². The maximum absolute atomic E-state index is 10.5. The van der Waals surface area contributed by atoms with E-state index in [1.165, 1.54) is 0 Å². The van der Waals surface area contributed by atoms with Gasteiger partial charge in [-0.3, -0.25) is 4.79 Å². The van der Waals surface area contributed by atoms with Gasteiger partial charge in [0, 0.05) is 11.1 Å². The number of allylic oxidation sites excluding steroid dienone is 1. The van der Waals surface area contributed by atoms with Crippen molar-refractivity contribution >= 4 is 12.4 Å². The van der Waals surface area contributed by atoms with E-state index in [9.17, 15) is 4.79 Å². The van der Waals surface area contributed by atoms with Crippen molar-refractivity contribution in [1.29, 1.82) is 0 Å². The smallest absolute Gasteiger partial charge is 0.150 e. The van der Waals surface area contributed by atoms with E-state index in [0.29, 0.717) is 5.56 Å². The molecule has 2 rings (SSSR count). The first-order chi connectivity index (χ1) is 8.88. The van der Waals surface area contributed by atoms with Gasteiger partial charge in [-0.25, -0.2) is 0 Å². The molecule has 0 atom stereocenters. The van der Waals surface area contributed by atoms with Gasteiger partial charge < -0.3 is 0 Å². The molecule has 0 aromatic heterocycles. The summed E-state index contributed by atoms with van der Waals surface area (Å²) in [5, 5.41) is 0. The van der Waals surface area contributed by atoms with Crippen LogP contribution >= 0.6 is 0 Å². The number of carbonyl (C=O) groups is 1. The fourth-order valence-corrected chi connectivity index (χ4v) is 1.47. The zero-order valence-electron chi connectivity index (χ0n) is 9.84. The van der Waals surface area contributed by atoms with Crippen molar-refractivity contribution in [1.82, 2.24) is 0 Å². The van der Waals surface area contributed by atoms with Crippen LogP contribution in [0.25, 0.3) is 6.08 Å². The van der Waals surface area contributed by atoms with Crippen molar-refractivity contribution in [2.45, 2.75) is 0 Å². The Morgan fingerprint density at radius 1 is 0.833 bits per heavy atom. The van der Waals surface area contributed by atoms with Gasteiger partial charge in [-0.2, -0.15) is 0 Å². The third-order valence-electron chi connectivity index (χ3n) is 2.42. The lowest BCUT2D eigenvalue weighted by Gasteiger charge is -1.92. The Labute approximate surface area is 107 Å². The molecule has 0 saturated heterocycles. The van der Waals surface area contributed by atoms with Crippen molar-refractivity contribution in [2.24, 2.45) is 0 Å². The second kappa shape index (κ2) is 6.22. The van der Waals surface area contributed by atoms with Crippen LogP contribution in [0.15, 0.2) is 60.7 Å². The van der Waals surface area contributed by atoms with Crippen molar-refractivity contribution in [2.75, 3.05) is 0 Å². The van der Waals surface area contributed by atoms with Gasteiger partial charge in [-0.05, 0) is 29.8 Å². The van der Waals surface area contributed by atoms with Crippen LogP contribution in [-0.4, -0.2) is 6.29 Å². The molecule has 0 unspecified atom stereocenters. The molecule has 0 aliphatic carbocycles. The molecule has 0 N–H and O–H groups in total. The van der Waals surface area contributed by atoms with Gasteiger partial charge in [-0.1, -0.05) is 54.3 Å². The van der Waals surface area contributed by atoms with Crippen molar-refractivity contribution in [3.05, 3.63) is 77.4 Å². The van der Waals surface area contributed by atoms with E-state index in [-0.39, 0.29) is 0 Å². The normalized spacial score (nSPS) is 9.78. The minimum Gasteiger partial charge on any atom is -0.298 e. The summed E-state index contributed by atoms with van der Waals surface area (Å²) in [5.41, 5.74) is 2.71. The zero-order chi connectivity index (χ0) is 12.6. The molecular weight excluding hydrogens is 220 g/mol. The largest absolute Gasteiger partial charge is 0.298 e. The van der Waals surface area contributed by atoms with Crippen LogP contribution < -0.4 is 0 Å². The average molecular weight is 232 g/mol. The standard InChI is InChI=1S/C17H12O/c18-14-17-12-10-16(11-13-17)9-5-4-8-15-6-2-1-3-7-15/h1-3,5-7,9-14H/b9-5+. The molecule has 1 heteroatoms. The molecule has 0 heterocycles. The Morgan fingerprint density at radius 3 is 2.17 bits per heavy atom. The molecule has 2 aromatic rings. The minimum atomic E-state index is 0.683. The van der Waals surface area contributed by atoms with Gasteiger partial charge >= 0.3 is 0 Å². The van der Waals surface area contributed by atoms with Crippen molar-refractivity contribution < 1.29 is 4.79 Å². The Bertz CT molecular complexity index is 596. The number of benzene rings is 2. The van der Waals surface area contributed by atoms with Crippen molar-refractivity contribution in [3.8, 4) is 11.8 Å². The van der Waals surface area contributed by atoms with Crippen LogP contribution in [-0.2, 0) is 0 Å². The van der Waals surface area contributed by atoms with Crippen LogP contribution in [0.1, 0.15) is 21.5 Å². The Hall–Kier alpha value is -2.59. The first kappa shape index (κ1) is 11.9. The number of carbonyl (C=O) groups excluding carboxylic acids is 1. The molecule has 0 aliphatic heterocycles. The predicted molar refractivity (Wildman–Crippen MR) is 74.2 cm³/mol. The first-order valence-electron chi connectivity index (χ1n) is 5.67. The second-order valence-electron chi connectivity index (χ2n) is 3.75. The predicted octanol–water partition coefficient (Wildman–Crippen LogP) is 3.56. The second-order valence-corrected chi connectivity index (χ2v) is 3.75. The molecule has 0 spiro atoms. The van der Waals surface area contributed by atoms with E-state index in [1.807, 2.05) is 54.6 Å². The van der Waals surface area contributed by atoms with E-state index in [4.69, 9.17) is 0 Å². The minimum absolute atomic E-state index is 0.683. The van der Waals surface area contributed by atoms with Crippen molar-refractivity contribution in [3.63, 3.8) is 0 Å². The van der Waals surface area contributed by atoms with Gasteiger partial charge in [0.1, 0.15) is 6.29 Å². The summed E-state index contributed by atoms with van der Waals surface area (Å²) in [7, 11) is 0. The molecule has 0 amide bonds. The molecule has 2 aromatic carbocycles. The lowest BCUT2D eigenvalue weighted by Crippen LogP contribution is -1.78. The summed E-state index contributed by atoms with van der Waals surface area (Å²) >= 11 is 0. The van der Waals surface area contributed by atoms with Crippen LogP contribution in [0.4, 0.5) is 0 Å². The quantitative estimate of drug-likeness (QED) is 0.571. The molecule has 86 valence electrons. The Balaban J connectivity index is 2.03. The lowest BCUT2D eigenvalue weighted by atomic mass is 10.1. The summed E-state index contributed by atoms with van der Waals surface area (Å²) in [6.07, 6.45) is 4.57. The van der Waals surface area contributed by atoms with Crippen LogP contribution in [0, 0.1) is 11.8 Å². The number of rotatable bonds is 2. The number of aldehydes is 1. The maximum atomic E-state index is 10.5. The van der Waals surface area contributed by atoms with E-state index in [1.54, 1.807) is 12.1 Å². The summed E-state index contributed by atoms with van der Waals surface area (Å²) < 4.78 is 0. The van der Waals surface area contributed by atoms with Gasteiger partial charge in [0.2, 0.25) is 0 Å². The monoisotopic (exact) mass is 232 g/mol. The fraction of sp³-hybridized carbons (Fsp3) is 0. The molecule has 0 radical (unpaired) electrons. The van der Waals surface area contributed by atoms with E-state index in [2.05, 4.69) is 11.8 Å². The molecule has 0 saturated carbocycles. The van der Waals surface area contributed by atoms with Gasteiger partial charge in [0.25, 0.3) is 0 Å². The summed E-state index contributed by atoms with van der Waals surface area (Å²) in [5.74, 6) is 6.02. The Morgan fingerprint density at radius 2 is 1.50 bits per heavy atom. The van der Waals surface area contributed by atoms with Gasteiger partial charge in [-0.15, -0.1) is 0 Å². The third-order valence-corrected chi connectivity index (χ3v) is 2.42. The molecule has 1 nitrogen and oxygen atoms in total. The average Bonchev–Trinajstić information content (AvgIpc) is 2.45. The highest BCUT2D eigenvalue weighted by Crippen LogP contribution is 2.04. The summed E-state index contributed by atoms with van der Waals surface area (Å²) in [6, 6.07) is 17.2. The van der Waals surface area contributed by atoms with E-state index in [0.717, 1.165) is 17.4 Å². The van der Waals surface area contributed by atoms with Crippen LogP contribution in [0.3, 0.4) is 0 Å².